The van der Waals surface area contributed by atoms with E-state index in [1.165, 1.54) is 18.2 Å². The Bertz CT molecular complexity index is 534. The average Bonchev–Trinajstić information content (AvgIpc) is 2.39. The van der Waals surface area contributed by atoms with Crippen LogP contribution in [0.2, 0.25) is 5.02 Å². The lowest BCUT2D eigenvalue weighted by atomic mass is 9.96. The number of rotatable bonds is 6. The van der Waals surface area contributed by atoms with Crippen LogP contribution in [-0.4, -0.2) is 25.7 Å². The highest BCUT2D eigenvalue weighted by molar-refractivity contribution is 7.89. The first-order valence-electron chi connectivity index (χ1n) is 6.00. The van der Waals surface area contributed by atoms with Crippen molar-refractivity contribution in [2.75, 3.05) is 12.3 Å². The van der Waals surface area contributed by atoms with Crippen LogP contribution in [0.5, 0.6) is 0 Å². The molecule has 0 fully saturated rings. The Balaban J connectivity index is 3.14. The van der Waals surface area contributed by atoms with Crippen LogP contribution in [0.25, 0.3) is 0 Å². The van der Waals surface area contributed by atoms with E-state index < -0.39 is 15.6 Å². The van der Waals surface area contributed by atoms with Crippen molar-refractivity contribution in [3.05, 3.63) is 23.2 Å². The van der Waals surface area contributed by atoms with E-state index in [0.29, 0.717) is 17.9 Å². The van der Waals surface area contributed by atoms with Crippen molar-refractivity contribution in [2.45, 2.75) is 37.1 Å². The average molecular weight is 307 g/mol. The quantitative estimate of drug-likeness (QED) is 0.698. The van der Waals surface area contributed by atoms with Crippen molar-refractivity contribution in [1.29, 1.82) is 0 Å². The fourth-order valence-electron chi connectivity index (χ4n) is 1.68. The molecule has 1 aromatic carbocycles. The van der Waals surface area contributed by atoms with Gasteiger partial charge in [-0.2, -0.15) is 0 Å². The molecule has 0 aliphatic heterocycles. The van der Waals surface area contributed by atoms with Crippen molar-refractivity contribution in [3.8, 4) is 0 Å². The van der Waals surface area contributed by atoms with Crippen LogP contribution in [0, 0.1) is 0 Å². The number of aliphatic hydroxyl groups excluding tert-OH is 1. The molecule has 0 heterocycles. The third kappa shape index (κ3) is 3.60. The molecule has 0 saturated heterocycles. The molecule has 1 aromatic rings. The monoisotopic (exact) mass is 306 g/mol. The van der Waals surface area contributed by atoms with Crippen LogP contribution in [0.15, 0.2) is 23.1 Å². The smallest absolute Gasteiger partial charge is 0.241 e. The molecule has 0 radical (unpaired) electrons. The van der Waals surface area contributed by atoms with E-state index in [-0.39, 0.29) is 17.2 Å². The number of hydrogen-bond donors (Lipinski definition) is 3. The minimum atomic E-state index is -3.74. The molecule has 0 aliphatic rings. The molecule has 1 rings (SSSR count). The summed E-state index contributed by atoms with van der Waals surface area (Å²) in [5.74, 6) is 0. The zero-order valence-electron chi connectivity index (χ0n) is 11.0. The summed E-state index contributed by atoms with van der Waals surface area (Å²) in [6.07, 6.45) is 0.977. The zero-order chi connectivity index (χ0) is 14.7. The highest BCUT2D eigenvalue weighted by Crippen LogP contribution is 2.24. The summed E-state index contributed by atoms with van der Waals surface area (Å²) >= 11 is 5.77. The summed E-state index contributed by atoms with van der Waals surface area (Å²) in [5.41, 5.74) is 4.95. The Kier molecular flexibility index (Phi) is 5.20. The lowest BCUT2D eigenvalue weighted by molar-refractivity contribution is 0.172. The van der Waals surface area contributed by atoms with E-state index in [0.717, 1.165) is 0 Å². The van der Waals surface area contributed by atoms with E-state index in [1.807, 2.05) is 13.8 Å². The first kappa shape index (κ1) is 16.2. The standard InChI is InChI=1S/C12H19ClN2O3S/c1-3-12(4-2,8-16)15-19(17,18)9-5-6-10(13)11(14)7-9/h5-7,15-16H,3-4,8,14H2,1-2H3. The molecule has 108 valence electrons. The maximum Gasteiger partial charge on any atom is 0.241 e. The maximum absolute atomic E-state index is 12.3. The second-order valence-corrected chi connectivity index (χ2v) is 6.52. The van der Waals surface area contributed by atoms with Crippen LogP contribution in [0.4, 0.5) is 5.69 Å². The normalized spacial score (nSPS) is 12.6. The van der Waals surface area contributed by atoms with Gasteiger partial charge in [0.25, 0.3) is 0 Å². The lowest BCUT2D eigenvalue weighted by Gasteiger charge is -2.30. The van der Waals surface area contributed by atoms with Gasteiger partial charge in [-0.05, 0) is 31.0 Å². The summed E-state index contributed by atoms with van der Waals surface area (Å²) in [5, 5.41) is 9.72. The van der Waals surface area contributed by atoms with Gasteiger partial charge in [0.05, 0.1) is 27.8 Å². The molecule has 5 nitrogen and oxygen atoms in total. The molecular weight excluding hydrogens is 288 g/mol. The van der Waals surface area contributed by atoms with Crippen LogP contribution >= 0.6 is 11.6 Å². The van der Waals surface area contributed by atoms with Gasteiger partial charge in [0.15, 0.2) is 0 Å². The fourth-order valence-corrected chi connectivity index (χ4v) is 3.37. The molecule has 0 saturated carbocycles. The van der Waals surface area contributed by atoms with E-state index in [9.17, 15) is 13.5 Å². The fraction of sp³-hybridized carbons (Fsp3) is 0.500. The number of benzene rings is 1. The van der Waals surface area contributed by atoms with Gasteiger partial charge in [-0.3, -0.25) is 0 Å². The summed E-state index contributed by atoms with van der Waals surface area (Å²) in [4.78, 5) is 0.0362. The molecule has 0 unspecified atom stereocenters. The molecule has 0 aromatic heterocycles. The number of anilines is 1. The molecule has 0 amide bonds. The van der Waals surface area contributed by atoms with E-state index in [2.05, 4.69) is 4.72 Å². The van der Waals surface area contributed by atoms with Gasteiger partial charge in [-0.25, -0.2) is 13.1 Å². The predicted molar refractivity (Wildman–Crippen MR) is 76.6 cm³/mol. The summed E-state index contributed by atoms with van der Waals surface area (Å²) in [7, 11) is -3.74. The van der Waals surface area contributed by atoms with Gasteiger partial charge in [0.2, 0.25) is 10.0 Å². The second kappa shape index (κ2) is 6.09. The van der Waals surface area contributed by atoms with E-state index in [1.54, 1.807) is 0 Å². The zero-order valence-corrected chi connectivity index (χ0v) is 12.6. The predicted octanol–water partition coefficient (Wildman–Crippen LogP) is 1.75. The van der Waals surface area contributed by atoms with Gasteiger partial charge in [-0.15, -0.1) is 0 Å². The number of nitrogens with one attached hydrogen (secondary N) is 1. The summed E-state index contributed by atoms with van der Waals surface area (Å²) in [6, 6.07) is 4.12. The van der Waals surface area contributed by atoms with Crippen LogP contribution in [0.3, 0.4) is 0 Å². The van der Waals surface area contributed by atoms with Gasteiger partial charge >= 0.3 is 0 Å². The third-order valence-electron chi connectivity index (χ3n) is 3.28. The Hall–Kier alpha value is -0.820. The SMILES string of the molecule is CCC(CC)(CO)NS(=O)(=O)c1ccc(Cl)c(N)c1. The second-order valence-electron chi connectivity index (χ2n) is 4.43. The van der Waals surface area contributed by atoms with Crippen LogP contribution < -0.4 is 10.5 Å². The Morgan fingerprint density at radius 3 is 2.37 bits per heavy atom. The first-order valence-corrected chi connectivity index (χ1v) is 7.86. The highest BCUT2D eigenvalue weighted by Gasteiger charge is 2.31. The van der Waals surface area contributed by atoms with E-state index >= 15 is 0 Å². The summed E-state index contributed by atoms with van der Waals surface area (Å²) in [6.45, 7) is 3.37. The molecular formula is C12H19ClN2O3S. The van der Waals surface area contributed by atoms with Gasteiger partial charge in [0, 0.05) is 0 Å². The van der Waals surface area contributed by atoms with Crippen molar-refractivity contribution >= 4 is 27.3 Å². The van der Waals surface area contributed by atoms with Crippen molar-refractivity contribution in [2.24, 2.45) is 0 Å². The topological polar surface area (TPSA) is 92.4 Å². The molecule has 0 bridgehead atoms. The van der Waals surface area contributed by atoms with Gasteiger partial charge < -0.3 is 10.8 Å². The Labute approximate surface area is 118 Å². The van der Waals surface area contributed by atoms with Crippen LogP contribution in [-0.2, 0) is 10.0 Å². The third-order valence-corrected chi connectivity index (χ3v) is 5.21. The van der Waals surface area contributed by atoms with Gasteiger partial charge in [-0.1, -0.05) is 25.4 Å². The molecule has 0 atom stereocenters. The van der Waals surface area contributed by atoms with Crippen molar-refractivity contribution in [3.63, 3.8) is 0 Å². The number of sulfonamides is 1. The van der Waals surface area contributed by atoms with Gasteiger partial charge in [0.1, 0.15) is 0 Å². The minimum absolute atomic E-state index is 0.0362. The molecule has 7 heteroatoms. The van der Waals surface area contributed by atoms with Crippen LogP contribution in [0.1, 0.15) is 26.7 Å². The molecule has 0 spiro atoms. The van der Waals surface area contributed by atoms with Crippen molar-refractivity contribution in [1.82, 2.24) is 4.72 Å². The number of halogens is 1. The molecule has 4 N–H and O–H groups in total. The lowest BCUT2D eigenvalue weighted by Crippen LogP contribution is -2.50. The number of aliphatic hydroxyl groups is 1. The largest absolute Gasteiger partial charge is 0.397 e. The number of nitrogen functional groups attached to an aromatic ring is 1. The molecule has 19 heavy (non-hydrogen) atoms. The Morgan fingerprint density at radius 1 is 1.37 bits per heavy atom. The summed E-state index contributed by atoms with van der Waals surface area (Å²) < 4.78 is 27.1. The van der Waals surface area contributed by atoms with Crippen molar-refractivity contribution < 1.29 is 13.5 Å². The minimum Gasteiger partial charge on any atom is -0.397 e. The highest BCUT2D eigenvalue weighted by atomic mass is 35.5. The first-order chi connectivity index (χ1) is 8.80. The Morgan fingerprint density at radius 2 is 1.95 bits per heavy atom. The number of nitrogens with two attached hydrogens (primary N) is 1. The number of hydrogen-bond acceptors (Lipinski definition) is 4. The molecule has 0 aliphatic carbocycles. The van der Waals surface area contributed by atoms with E-state index in [4.69, 9.17) is 17.3 Å². The maximum atomic E-state index is 12.3.